The average molecular weight is 970 g/mol. The van der Waals surface area contributed by atoms with Gasteiger partial charge in [0, 0.05) is 25.8 Å². The number of hydrogen-bond donors (Lipinski definition) is 11. The molecule has 0 spiro atoms. The fourth-order valence-corrected chi connectivity index (χ4v) is 7.66. The Morgan fingerprint density at radius 3 is 2.04 bits per heavy atom. The monoisotopic (exact) mass is 969 g/mol. The highest BCUT2D eigenvalue weighted by atomic mass is 16.3. The number of benzene rings is 1. The fraction of sp³-hybridized carbons (Fsp3) is 0.600. The molecule has 24 heteroatoms. The molecule has 2 aliphatic rings. The predicted octanol–water partition coefficient (Wildman–Crippen LogP) is -3.32. The predicted molar refractivity (Wildman–Crippen MR) is 245 cm³/mol. The Labute approximate surface area is 399 Å². The molecule has 0 radical (unpaired) electrons. The zero-order valence-corrected chi connectivity index (χ0v) is 39.6. The minimum absolute atomic E-state index is 0.000258. The first kappa shape index (κ1) is 56.2. The third kappa shape index (κ3) is 18.5. The lowest BCUT2D eigenvalue weighted by Gasteiger charge is -2.31. The molecule has 2 heterocycles. The standard InChI is InChI=1S/C45H67N11O13/c1-6-24(4)38-44(68)51-28(13-15-34(46)59)40(64)53-32(20-35(47)60)41(65)52-29(14-16-36(61)48-22-37(62)50-31(42(66)55-38)19-26-9-11-27(58)12-10-26)45(69)56-17-7-8-33(56)43(67)54-30(18-23(2)3)39(63)49-21-25(5)57/h9-12,23-24,28-33,38,58H,6-8,13-22H2,1-5H3,(H2,46,59)(H2,47,60)(H,48,61)(H,49,63)(H,50,62)(H,51,68)(H,52,65)(H,53,64)(H,54,67)(H,55,66)/t24-,28-,29-,30-,31-,32-,33+,38-/m0/s1. The lowest BCUT2D eigenvalue weighted by molar-refractivity contribution is -0.143. The van der Waals surface area contributed by atoms with Crippen LogP contribution in [0, 0.1) is 11.8 Å². The SMILES string of the molecule is CC[C@H](C)[C@@H]1NC(=O)[C@H](Cc2ccc(O)cc2)NC(=O)CNC(=O)CC[C@@H](C(=O)N2CCC[C@@H]2C(=O)N[C@@H](CC(C)C)C(=O)NCC(C)=O)NC(=O)[C@H](CC(N)=O)NC(=O)[C@H](CCC(N)=O)NC1=O. The van der Waals surface area contributed by atoms with Crippen molar-refractivity contribution in [3.05, 3.63) is 29.8 Å². The normalized spacial score (nSPS) is 23.1. The van der Waals surface area contributed by atoms with Crippen LogP contribution in [0.25, 0.3) is 0 Å². The van der Waals surface area contributed by atoms with E-state index >= 15 is 0 Å². The summed E-state index contributed by atoms with van der Waals surface area (Å²) >= 11 is 0. The van der Waals surface area contributed by atoms with E-state index in [1.54, 1.807) is 13.8 Å². The van der Waals surface area contributed by atoms with Crippen LogP contribution in [0.1, 0.15) is 98.0 Å². The van der Waals surface area contributed by atoms with E-state index in [-0.39, 0.29) is 49.8 Å². The highest BCUT2D eigenvalue weighted by Crippen LogP contribution is 2.21. The summed E-state index contributed by atoms with van der Waals surface area (Å²) in [7, 11) is 0. The molecule has 69 heavy (non-hydrogen) atoms. The number of likely N-dealkylation sites (tertiary alicyclic amines) is 1. The van der Waals surface area contributed by atoms with Gasteiger partial charge >= 0.3 is 0 Å². The van der Waals surface area contributed by atoms with Crippen molar-refractivity contribution in [1.82, 2.24) is 47.4 Å². The molecule has 0 unspecified atom stereocenters. The number of hydrogen-bond acceptors (Lipinski definition) is 13. The molecular weight excluding hydrogens is 903 g/mol. The molecule has 2 fully saturated rings. The van der Waals surface area contributed by atoms with E-state index in [4.69, 9.17) is 11.5 Å². The van der Waals surface area contributed by atoms with Crippen LogP contribution in [0.2, 0.25) is 0 Å². The Kier molecular flexibility index (Phi) is 22.0. The number of amides is 11. The number of aromatic hydroxyl groups is 1. The Morgan fingerprint density at radius 2 is 1.43 bits per heavy atom. The summed E-state index contributed by atoms with van der Waals surface area (Å²) < 4.78 is 0. The van der Waals surface area contributed by atoms with E-state index in [2.05, 4.69) is 42.5 Å². The van der Waals surface area contributed by atoms with Gasteiger partial charge in [-0.1, -0.05) is 46.2 Å². The second-order valence-corrected chi connectivity index (χ2v) is 17.8. The van der Waals surface area contributed by atoms with Gasteiger partial charge in [0.15, 0.2) is 0 Å². The molecule has 0 saturated carbocycles. The second kappa shape index (κ2) is 27.0. The van der Waals surface area contributed by atoms with Crippen LogP contribution >= 0.6 is 0 Å². The second-order valence-electron chi connectivity index (χ2n) is 17.8. The Hall–Kier alpha value is -7.14. The van der Waals surface area contributed by atoms with Gasteiger partial charge in [-0.25, -0.2) is 0 Å². The maximum Gasteiger partial charge on any atom is 0.245 e. The molecule has 3 rings (SSSR count). The van der Waals surface area contributed by atoms with Crippen molar-refractivity contribution < 1.29 is 62.6 Å². The Bertz CT molecular complexity index is 2080. The zero-order chi connectivity index (χ0) is 51.5. The van der Waals surface area contributed by atoms with E-state index in [1.165, 1.54) is 31.2 Å². The van der Waals surface area contributed by atoms with Crippen LogP contribution in [0.4, 0.5) is 0 Å². The molecule has 0 aliphatic carbocycles. The van der Waals surface area contributed by atoms with Gasteiger partial charge in [-0.15, -0.1) is 0 Å². The van der Waals surface area contributed by atoms with Crippen molar-refractivity contribution in [1.29, 1.82) is 0 Å². The average Bonchev–Trinajstić information content (AvgIpc) is 3.78. The number of carbonyl (C=O) groups is 12. The van der Waals surface area contributed by atoms with Gasteiger partial charge in [-0.3, -0.25) is 57.5 Å². The van der Waals surface area contributed by atoms with Gasteiger partial charge in [-0.05, 0) is 68.6 Å². The summed E-state index contributed by atoms with van der Waals surface area (Å²) in [5.74, 6) is -10.8. The van der Waals surface area contributed by atoms with Crippen LogP contribution in [-0.2, 0) is 64.0 Å². The first-order valence-corrected chi connectivity index (χ1v) is 23.0. The van der Waals surface area contributed by atoms with Crippen LogP contribution in [-0.4, -0.2) is 143 Å². The van der Waals surface area contributed by atoms with Crippen LogP contribution in [0.15, 0.2) is 24.3 Å². The number of nitrogens with one attached hydrogen (secondary N) is 8. The minimum Gasteiger partial charge on any atom is -0.508 e. The van der Waals surface area contributed by atoms with Gasteiger partial charge < -0.3 is 64.0 Å². The molecule has 2 aliphatic heterocycles. The van der Waals surface area contributed by atoms with E-state index in [0.717, 1.165) is 4.90 Å². The fourth-order valence-electron chi connectivity index (χ4n) is 7.66. The number of phenols is 1. The van der Waals surface area contributed by atoms with E-state index in [9.17, 15) is 62.6 Å². The lowest BCUT2D eigenvalue weighted by Crippen LogP contribution is -2.61. The first-order valence-electron chi connectivity index (χ1n) is 23.0. The number of phenolic OH excluding ortho intramolecular Hbond substituents is 1. The number of carbonyl (C=O) groups excluding carboxylic acids is 12. The largest absolute Gasteiger partial charge is 0.508 e. The van der Waals surface area contributed by atoms with Gasteiger partial charge in [0.25, 0.3) is 0 Å². The molecule has 1 aromatic carbocycles. The third-order valence-electron chi connectivity index (χ3n) is 11.6. The van der Waals surface area contributed by atoms with Crippen molar-refractivity contribution in [2.24, 2.45) is 23.3 Å². The quantitative estimate of drug-likeness (QED) is 0.0730. The highest BCUT2D eigenvalue weighted by molar-refractivity contribution is 5.99. The molecule has 380 valence electrons. The first-order chi connectivity index (χ1) is 32.5. The van der Waals surface area contributed by atoms with Crippen LogP contribution in [0.3, 0.4) is 0 Å². The number of nitrogens with two attached hydrogens (primary N) is 2. The minimum atomic E-state index is -1.81. The molecule has 13 N–H and O–H groups in total. The van der Waals surface area contributed by atoms with Gasteiger partial charge in [0.1, 0.15) is 53.8 Å². The van der Waals surface area contributed by atoms with Gasteiger partial charge in [-0.2, -0.15) is 0 Å². The van der Waals surface area contributed by atoms with Gasteiger partial charge in [0.2, 0.25) is 65.0 Å². The number of primary amides is 2. The van der Waals surface area contributed by atoms with Crippen molar-refractivity contribution in [3.63, 3.8) is 0 Å². The highest BCUT2D eigenvalue weighted by Gasteiger charge is 2.41. The lowest BCUT2D eigenvalue weighted by atomic mass is 9.96. The van der Waals surface area contributed by atoms with E-state index in [1.807, 2.05) is 13.8 Å². The number of nitrogens with zero attached hydrogens (tertiary/aromatic N) is 1. The Balaban J connectivity index is 2.06. The number of Topliss-reactive ketones (excluding diaryl/α,β-unsaturated/α-hetero) is 1. The molecule has 2 saturated heterocycles. The summed E-state index contributed by atoms with van der Waals surface area (Å²) in [4.78, 5) is 161. The number of rotatable bonds is 17. The number of ketones is 1. The molecule has 24 nitrogen and oxygen atoms in total. The Morgan fingerprint density at radius 1 is 0.797 bits per heavy atom. The van der Waals surface area contributed by atoms with Crippen LogP contribution < -0.4 is 54.0 Å². The maximum absolute atomic E-state index is 14.5. The summed E-state index contributed by atoms with van der Waals surface area (Å²) in [5, 5.41) is 29.9. The smallest absolute Gasteiger partial charge is 0.245 e. The van der Waals surface area contributed by atoms with Gasteiger partial charge in [0.05, 0.1) is 19.5 Å². The molecular formula is C45H67N11O13. The van der Waals surface area contributed by atoms with Crippen molar-refractivity contribution in [3.8, 4) is 5.75 Å². The van der Waals surface area contributed by atoms with E-state index < -0.39 is 152 Å². The summed E-state index contributed by atoms with van der Waals surface area (Å²) in [6, 6.07) is -4.23. The summed E-state index contributed by atoms with van der Waals surface area (Å²) in [6.45, 7) is 7.34. The topological polar surface area (TPSA) is 377 Å². The third-order valence-corrected chi connectivity index (χ3v) is 11.6. The van der Waals surface area contributed by atoms with Crippen molar-refractivity contribution in [2.75, 3.05) is 19.6 Å². The maximum atomic E-state index is 14.5. The van der Waals surface area contributed by atoms with Crippen molar-refractivity contribution >= 4 is 70.8 Å². The molecule has 0 bridgehead atoms. The summed E-state index contributed by atoms with van der Waals surface area (Å²) in [5.41, 5.74) is 11.4. The molecule has 1 aromatic rings. The van der Waals surface area contributed by atoms with Crippen LogP contribution in [0.5, 0.6) is 5.75 Å². The zero-order valence-electron chi connectivity index (χ0n) is 39.6. The molecule has 8 atom stereocenters. The molecule has 0 aromatic heterocycles. The van der Waals surface area contributed by atoms with E-state index in [0.29, 0.717) is 18.4 Å². The molecule has 11 amide bonds. The van der Waals surface area contributed by atoms with Crippen molar-refractivity contribution in [2.45, 2.75) is 141 Å². The summed E-state index contributed by atoms with van der Waals surface area (Å²) in [6.07, 6.45) is -1.85.